The number of amides is 1. The molecular formula is C11H12ClNO3. The first-order valence-corrected chi connectivity index (χ1v) is 5.08. The Bertz CT molecular complexity index is 380. The molecular weight excluding hydrogens is 230 g/mol. The average Bonchev–Trinajstić information content (AvgIpc) is 2.26. The van der Waals surface area contributed by atoms with Crippen LogP contribution in [0.5, 0.6) is 0 Å². The predicted octanol–water partition coefficient (Wildman–Crippen LogP) is 1.68. The van der Waals surface area contributed by atoms with Gasteiger partial charge in [0.25, 0.3) is 0 Å². The first-order valence-electron chi connectivity index (χ1n) is 4.74. The van der Waals surface area contributed by atoms with Crippen LogP contribution < -0.4 is 0 Å². The molecule has 1 rings (SSSR count). The molecule has 0 saturated carbocycles. The summed E-state index contributed by atoms with van der Waals surface area (Å²) in [5, 5.41) is 8.98. The Morgan fingerprint density at radius 3 is 2.38 bits per heavy atom. The molecule has 0 spiro atoms. The summed E-state index contributed by atoms with van der Waals surface area (Å²) in [6.07, 6.45) is 0.194. The smallest absolute Gasteiger partial charge is 0.328 e. The summed E-state index contributed by atoms with van der Waals surface area (Å²) in [5.74, 6) is -1.60. The quantitative estimate of drug-likeness (QED) is 0.816. The molecule has 0 saturated heterocycles. The summed E-state index contributed by atoms with van der Waals surface area (Å²) in [4.78, 5) is 22.0. The number of carboxylic acid groups (broad SMARTS) is 1. The van der Waals surface area contributed by atoms with E-state index >= 15 is 0 Å². The minimum atomic E-state index is -1.12. The van der Waals surface area contributed by atoms with E-state index in [0.717, 1.165) is 9.98 Å². The Morgan fingerprint density at radius 2 is 1.94 bits per heavy atom. The lowest BCUT2D eigenvalue weighted by atomic mass is 10.1. The van der Waals surface area contributed by atoms with Crippen LogP contribution in [0, 0.1) is 0 Å². The third kappa shape index (κ3) is 3.24. The monoisotopic (exact) mass is 241 g/mol. The maximum Gasteiger partial charge on any atom is 0.328 e. The van der Waals surface area contributed by atoms with E-state index in [1.165, 1.54) is 6.92 Å². The second kappa shape index (κ2) is 5.51. The van der Waals surface area contributed by atoms with Crippen LogP contribution >= 0.6 is 11.8 Å². The summed E-state index contributed by atoms with van der Waals surface area (Å²) in [5.41, 5.74) is 0.821. The van der Waals surface area contributed by atoms with Crippen LogP contribution in [0.25, 0.3) is 0 Å². The van der Waals surface area contributed by atoms with Crippen LogP contribution in [0.4, 0.5) is 0 Å². The van der Waals surface area contributed by atoms with E-state index in [4.69, 9.17) is 16.9 Å². The first kappa shape index (κ1) is 12.5. The van der Waals surface area contributed by atoms with Gasteiger partial charge in [-0.1, -0.05) is 30.3 Å². The van der Waals surface area contributed by atoms with Crippen LogP contribution in [0.15, 0.2) is 30.3 Å². The number of carbonyl (C=O) groups excluding carboxylic acids is 1. The summed E-state index contributed by atoms with van der Waals surface area (Å²) >= 11 is 5.63. The van der Waals surface area contributed by atoms with Gasteiger partial charge in [-0.15, -0.1) is 0 Å². The molecule has 86 valence electrons. The van der Waals surface area contributed by atoms with Crippen LogP contribution in [0.1, 0.15) is 12.5 Å². The Hall–Kier alpha value is -1.55. The molecule has 1 aromatic rings. The highest BCUT2D eigenvalue weighted by Gasteiger charge is 2.26. The second-order valence-corrected chi connectivity index (χ2v) is 3.74. The lowest BCUT2D eigenvalue weighted by molar-refractivity contribution is -0.145. The van der Waals surface area contributed by atoms with Crippen LogP contribution in [0.2, 0.25) is 0 Å². The molecule has 0 bridgehead atoms. The Labute approximate surface area is 98.5 Å². The number of carboxylic acids is 1. The number of halogens is 1. The molecule has 0 radical (unpaired) electrons. The van der Waals surface area contributed by atoms with Gasteiger partial charge in [0.2, 0.25) is 5.91 Å². The maximum absolute atomic E-state index is 11.0. The van der Waals surface area contributed by atoms with Gasteiger partial charge in [0, 0.05) is 25.1 Å². The number of hydrogen-bond donors (Lipinski definition) is 1. The van der Waals surface area contributed by atoms with Crippen LogP contribution in [-0.4, -0.2) is 27.4 Å². The van der Waals surface area contributed by atoms with E-state index in [0.29, 0.717) is 0 Å². The first-order chi connectivity index (χ1) is 7.52. The van der Waals surface area contributed by atoms with E-state index in [1.54, 1.807) is 24.3 Å². The highest BCUT2D eigenvalue weighted by molar-refractivity contribution is 6.22. The summed E-state index contributed by atoms with van der Waals surface area (Å²) < 4.78 is 0.718. The molecule has 1 N–H and O–H groups in total. The average molecular weight is 242 g/mol. The largest absolute Gasteiger partial charge is 0.480 e. The lowest BCUT2D eigenvalue weighted by Gasteiger charge is -2.20. The van der Waals surface area contributed by atoms with Gasteiger partial charge in [-0.3, -0.25) is 4.79 Å². The number of nitrogens with zero attached hydrogens (tertiary/aromatic N) is 1. The molecule has 1 atom stereocenters. The third-order valence-corrected chi connectivity index (χ3v) is 2.61. The van der Waals surface area contributed by atoms with Gasteiger partial charge in [-0.25, -0.2) is 9.21 Å². The number of carbonyl (C=O) groups is 2. The zero-order valence-corrected chi connectivity index (χ0v) is 9.52. The molecule has 0 aliphatic heterocycles. The minimum absolute atomic E-state index is 0.194. The van der Waals surface area contributed by atoms with Gasteiger partial charge in [0.1, 0.15) is 6.04 Å². The van der Waals surface area contributed by atoms with Crippen molar-refractivity contribution in [1.29, 1.82) is 0 Å². The van der Waals surface area contributed by atoms with Gasteiger partial charge in [0.05, 0.1) is 0 Å². The normalized spacial score (nSPS) is 11.9. The van der Waals surface area contributed by atoms with Crippen molar-refractivity contribution in [2.45, 2.75) is 19.4 Å². The van der Waals surface area contributed by atoms with Gasteiger partial charge >= 0.3 is 5.97 Å². The fourth-order valence-corrected chi connectivity index (χ4v) is 1.47. The van der Waals surface area contributed by atoms with E-state index in [2.05, 4.69) is 0 Å². The summed E-state index contributed by atoms with van der Waals surface area (Å²) in [6.45, 7) is 1.23. The van der Waals surface area contributed by atoms with Crippen LogP contribution in [0.3, 0.4) is 0 Å². The maximum atomic E-state index is 11.0. The molecule has 4 nitrogen and oxygen atoms in total. The highest BCUT2D eigenvalue weighted by Crippen LogP contribution is 2.12. The van der Waals surface area contributed by atoms with E-state index in [9.17, 15) is 9.59 Å². The van der Waals surface area contributed by atoms with Gasteiger partial charge in [-0.05, 0) is 5.56 Å². The topological polar surface area (TPSA) is 57.6 Å². The lowest BCUT2D eigenvalue weighted by Crippen LogP contribution is -2.39. The van der Waals surface area contributed by atoms with Gasteiger partial charge in [-0.2, -0.15) is 0 Å². The van der Waals surface area contributed by atoms with Crippen molar-refractivity contribution in [2.75, 3.05) is 0 Å². The van der Waals surface area contributed by atoms with Crippen LogP contribution in [-0.2, 0) is 16.0 Å². The molecule has 5 heteroatoms. The molecule has 1 amide bonds. The number of rotatable bonds is 4. The van der Waals surface area contributed by atoms with Crippen molar-refractivity contribution in [3.8, 4) is 0 Å². The summed E-state index contributed by atoms with van der Waals surface area (Å²) in [6, 6.07) is 7.99. The zero-order chi connectivity index (χ0) is 12.1. The SMILES string of the molecule is CC(=O)N(Cl)C(Cc1ccccc1)C(=O)O. The van der Waals surface area contributed by atoms with Crippen molar-refractivity contribution >= 4 is 23.7 Å². The molecule has 16 heavy (non-hydrogen) atoms. The fourth-order valence-electron chi connectivity index (χ4n) is 1.32. The second-order valence-electron chi connectivity index (χ2n) is 3.37. The molecule has 0 aliphatic carbocycles. The minimum Gasteiger partial charge on any atom is -0.480 e. The van der Waals surface area contributed by atoms with Gasteiger partial charge in [0.15, 0.2) is 0 Å². The zero-order valence-electron chi connectivity index (χ0n) is 8.76. The number of benzene rings is 1. The molecule has 0 heterocycles. The van der Waals surface area contributed by atoms with E-state index in [1.807, 2.05) is 6.07 Å². The fraction of sp³-hybridized carbons (Fsp3) is 0.273. The predicted molar refractivity (Wildman–Crippen MR) is 59.9 cm³/mol. The molecule has 0 fully saturated rings. The van der Waals surface area contributed by atoms with E-state index < -0.39 is 17.9 Å². The molecule has 0 aromatic heterocycles. The Balaban J connectivity index is 2.81. The van der Waals surface area contributed by atoms with Crippen molar-refractivity contribution < 1.29 is 14.7 Å². The van der Waals surface area contributed by atoms with Crippen molar-refractivity contribution in [2.24, 2.45) is 0 Å². The van der Waals surface area contributed by atoms with Crippen molar-refractivity contribution in [1.82, 2.24) is 4.42 Å². The Kier molecular flexibility index (Phi) is 4.31. The van der Waals surface area contributed by atoms with E-state index in [-0.39, 0.29) is 6.42 Å². The van der Waals surface area contributed by atoms with Crippen molar-refractivity contribution in [3.05, 3.63) is 35.9 Å². The number of aliphatic carboxylic acids is 1. The van der Waals surface area contributed by atoms with Gasteiger partial charge < -0.3 is 5.11 Å². The van der Waals surface area contributed by atoms with Crippen molar-refractivity contribution in [3.63, 3.8) is 0 Å². The standard InChI is InChI=1S/C11H12ClNO3/c1-8(14)13(12)10(11(15)16)7-9-5-3-2-4-6-9/h2-6,10H,7H2,1H3,(H,15,16). The summed E-state index contributed by atoms with van der Waals surface area (Å²) in [7, 11) is 0. The molecule has 1 aromatic carbocycles. The highest BCUT2D eigenvalue weighted by atomic mass is 35.5. The third-order valence-electron chi connectivity index (χ3n) is 2.13. The Morgan fingerprint density at radius 1 is 1.38 bits per heavy atom. The molecule has 1 unspecified atom stereocenters. The molecule has 0 aliphatic rings. The number of hydrogen-bond acceptors (Lipinski definition) is 2.